The van der Waals surface area contributed by atoms with Crippen molar-refractivity contribution in [3.8, 4) is 11.4 Å². The fraction of sp³-hybridized carbons (Fsp3) is 0.182. The summed E-state index contributed by atoms with van der Waals surface area (Å²) in [4.78, 5) is 38.7. The van der Waals surface area contributed by atoms with Crippen molar-refractivity contribution in [3.63, 3.8) is 0 Å². The molecule has 0 spiro atoms. The molecule has 0 saturated carbocycles. The van der Waals surface area contributed by atoms with Crippen LogP contribution in [0.5, 0.6) is 5.75 Å². The molecule has 8 heteroatoms. The van der Waals surface area contributed by atoms with Crippen molar-refractivity contribution in [3.05, 3.63) is 76.7 Å². The van der Waals surface area contributed by atoms with Crippen LogP contribution in [0.2, 0.25) is 0 Å². The van der Waals surface area contributed by atoms with Crippen LogP contribution in [0, 0.1) is 0 Å². The number of carbonyl (C=O) groups excluding carboxylic acids is 2. The number of methoxy groups -OCH3 is 1. The minimum atomic E-state index is -0.469. The van der Waals surface area contributed by atoms with E-state index in [2.05, 4.69) is 10.4 Å². The second-order valence-electron chi connectivity index (χ2n) is 6.79. The molecule has 3 aromatic rings. The van der Waals surface area contributed by atoms with E-state index in [0.717, 1.165) is 6.42 Å². The van der Waals surface area contributed by atoms with Gasteiger partial charge in [-0.05, 0) is 42.8 Å². The van der Waals surface area contributed by atoms with E-state index in [1.807, 2.05) is 6.07 Å². The SMILES string of the molecule is COc1ccc(NC(=O)c2ccc(=O)n(-c3ccccc3)n2)cc1N1CCCC1=O. The maximum Gasteiger partial charge on any atom is 0.276 e. The average Bonchev–Trinajstić information content (AvgIpc) is 3.20. The van der Waals surface area contributed by atoms with Gasteiger partial charge in [0, 0.05) is 24.7 Å². The Balaban J connectivity index is 1.62. The van der Waals surface area contributed by atoms with Gasteiger partial charge in [0.15, 0.2) is 0 Å². The summed E-state index contributed by atoms with van der Waals surface area (Å²) < 4.78 is 6.55. The summed E-state index contributed by atoms with van der Waals surface area (Å²) in [6.45, 7) is 0.607. The molecule has 8 nitrogen and oxygen atoms in total. The molecule has 0 atom stereocenters. The molecule has 30 heavy (non-hydrogen) atoms. The Hall–Kier alpha value is -3.94. The highest BCUT2D eigenvalue weighted by Gasteiger charge is 2.25. The lowest BCUT2D eigenvalue weighted by Gasteiger charge is -2.20. The first-order valence-electron chi connectivity index (χ1n) is 9.52. The molecule has 0 unspecified atom stereocenters. The number of ether oxygens (including phenoxy) is 1. The summed E-state index contributed by atoms with van der Waals surface area (Å²) in [5, 5.41) is 6.96. The number of nitrogens with zero attached hydrogens (tertiary/aromatic N) is 3. The number of para-hydroxylation sites is 1. The molecule has 4 rings (SSSR count). The van der Waals surface area contributed by atoms with Gasteiger partial charge < -0.3 is 15.0 Å². The van der Waals surface area contributed by atoms with E-state index in [1.54, 1.807) is 47.4 Å². The lowest BCUT2D eigenvalue weighted by molar-refractivity contribution is -0.117. The van der Waals surface area contributed by atoms with Gasteiger partial charge >= 0.3 is 0 Å². The topological polar surface area (TPSA) is 93.5 Å². The standard InChI is InChI=1S/C22H20N4O4/c1-30-19-11-9-15(14-18(19)25-13-5-8-20(25)27)23-22(29)17-10-12-21(28)26(24-17)16-6-3-2-4-7-16/h2-4,6-7,9-12,14H,5,8,13H2,1H3,(H,23,29). The van der Waals surface area contributed by atoms with Crippen molar-refractivity contribution < 1.29 is 14.3 Å². The molecule has 2 aromatic carbocycles. The molecule has 152 valence electrons. The Morgan fingerprint density at radius 2 is 1.87 bits per heavy atom. The zero-order valence-corrected chi connectivity index (χ0v) is 16.4. The predicted octanol–water partition coefficient (Wildman–Crippen LogP) is 2.62. The molecule has 1 saturated heterocycles. The Morgan fingerprint density at radius 1 is 1.07 bits per heavy atom. The summed E-state index contributed by atoms with van der Waals surface area (Å²) in [6, 6.07) is 16.7. The van der Waals surface area contributed by atoms with E-state index in [1.165, 1.54) is 23.9 Å². The molecule has 0 aliphatic carbocycles. The molecule has 2 heterocycles. The van der Waals surface area contributed by atoms with Crippen LogP contribution in [-0.2, 0) is 4.79 Å². The molecule has 0 bridgehead atoms. The summed E-state index contributed by atoms with van der Waals surface area (Å²) in [7, 11) is 1.54. The summed E-state index contributed by atoms with van der Waals surface area (Å²) >= 11 is 0. The number of hydrogen-bond donors (Lipinski definition) is 1. The smallest absolute Gasteiger partial charge is 0.276 e. The number of carbonyl (C=O) groups is 2. The van der Waals surface area contributed by atoms with Gasteiger partial charge in [-0.25, -0.2) is 0 Å². The van der Waals surface area contributed by atoms with Crippen molar-refractivity contribution in [1.29, 1.82) is 0 Å². The summed E-state index contributed by atoms with van der Waals surface area (Å²) in [6.07, 6.45) is 1.27. The highest BCUT2D eigenvalue weighted by molar-refractivity contribution is 6.04. The second kappa shape index (κ2) is 8.20. The first-order valence-corrected chi connectivity index (χ1v) is 9.52. The molecular formula is C22H20N4O4. The van der Waals surface area contributed by atoms with Crippen molar-refractivity contribution >= 4 is 23.2 Å². The zero-order chi connectivity index (χ0) is 21.1. The maximum absolute atomic E-state index is 12.8. The molecular weight excluding hydrogens is 384 g/mol. The Morgan fingerprint density at radius 3 is 2.57 bits per heavy atom. The molecule has 2 amide bonds. The highest BCUT2D eigenvalue weighted by atomic mass is 16.5. The highest BCUT2D eigenvalue weighted by Crippen LogP contribution is 2.34. The lowest BCUT2D eigenvalue weighted by Crippen LogP contribution is -2.25. The monoisotopic (exact) mass is 404 g/mol. The van der Waals surface area contributed by atoms with Gasteiger partial charge in [-0.1, -0.05) is 18.2 Å². The van der Waals surface area contributed by atoms with Crippen molar-refractivity contribution in [1.82, 2.24) is 9.78 Å². The van der Waals surface area contributed by atoms with E-state index in [-0.39, 0.29) is 17.2 Å². The molecule has 1 fully saturated rings. The number of hydrogen-bond acceptors (Lipinski definition) is 5. The third-order valence-corrected chi connectivity index (χ3v) is 4.83. The van der Waals surface area contributed by atoms with Crippen molar-refractivity contribution in [2.75, 3.05) is 23.9 Å². The van der Waals surface area contributed by atoms with Crippen LogP contribution in [0.1, 0.15) is 23.3 Å². The van der Waals surface area contributed by atoms with Crippen LogP contribution in [0.3, 0.4) is 0 Å². The van der Waals surface area contributed by atoms with Gasteiger partial charge in [-0.15, -0.1) is 0 Å². The Kier molecular flexibility index (Phi) is 5.30. The second-order valence-corrected chi connectivity index (χ2v) is 6.79. The van der Waals surface area contributed by atoms with Crippen LogP contribution in [-0.4, -0.2) is 35.2 Å². The number of rotatable bonds is 5. The molecule has 1 aromatic heterocycles. The Bertz CT molecular complexity index is 1160. The normalized spacial score (nSPS) is 13.4. The number of amides is 2. The van der Waals surface area contributed by atoms with E-state index in [0.29, 0.717) is 35.8 Å². The molecule has 1 aliphatic rings. The molecule has 1 aliphatic heterocycles. The fourth-order valence-corrected chi connectivity index (χ4v) is 3.36. The minimum Gasteiger partial charge on any atom is -0.495 e. The number of benzene rings is 2. The van der Waals surface area contributed by atoms with Crippen LogP contribution < -0.4 is 20.5 Å². The van der Waals surface area contributed by atoms with E-state index in [9.17, 15) is 14.4 Å². The Labute approximate surface area is 172 Å². The summed E-state index contributed by atoms with van der Waals surface area (Å²) in [5.41, 5.74) is 1.43. The van der Waals surface area contributed by atoms with E-state index >= 15 is 0 Å². The number of anilines is 2. The van der Waals surface area contributed by atoms with Crippen molar-refractivity contribution in [2.24, 2.45) is 0 Å². The molecule has 1 N–H and O–H groups in total. The summed E-state index contributed by atoms with van der Waals surface area (Å²) in [5.74, 6) is 0.107. The molecule has 0 radical (unpaired) electrons. The third-order valence-electron chi connectivity index (χ3n) is 4.83. The van der Waals surface area contributed by atoms with Crippen LogP contribution in [0.25, 0.3) is 5.69 Å². The quantitative estimate of drug-likeness (QED) is 0.706. The van der Waals surface area contributed by atoms with Gasteiger partial charge in [-0.3, -0.25) is 14.4 Å². The van der Waals surface area contributed by atoms with Gasteiger partial charge in [0.1, 0.15) is 11.4 Å². The van der Waals surface area contributed by atoms with Gasteiger partial charge in [0.2, 0.25) is 5.91 Å². The first-order chi connectivity index (χ1) is 14.6. The average molecular weight is 404 g/mol. The number of aromatic nitrogens is 2. The van der Waals surface area contributed by atoms with E-state index in [4.69, 9.17) is 4.74 Å². The lowest BCUT2D eigenvalue weighted by atomic mass is 10.2. The van der Waals surface area contributed by atoms with Crippen LogP contribution >= 0.6 is 0 Å². The maximum atomic E-state index is 12.8. The largest absolute Gasteiger partial charge is 0.495 e. The van der Waals surface area contributed by atoms with Crippen molar-refractivity contribution in [2.45, 2.75) is 12.8 Å². The van der Waals surface area contributed by atoms with Crippen LogP contribution in [0.4, 0.5) is 11.4 Å². The van der Waals surface area contributed by atoms with Gasteiger partial charge in [0.25, 0.3) is 11.5 Å². The number of nitrogens with one attached hydrogen (secondary N) is 1. The zero-order valence-electron chi connectivity index (χ0n) is 16.4. The fourth-order valence-electron chi connectivity index (χ4n) is 3.36. The third kappa shape index (κ3) is 3.80. The minimum absolute atomic E-state index is 0.0216. The van der Waals surface area contributed by atoms with Gasteiger partial charge in [-0.2, -0.15) is 9.78 Å². The van der Waals surface area contributed by atoms with Gasteiger partial charge in [0.05, 0.1) is 18.5 Å². The van der Waals surface area contributed by atoms with E-state index < -0.39 is 5.91 Å². The predicted molar refractivity (Wildman–Crippen MR) is 112 cm³/mol. The first kappa shape index (κ1) is 19.4. The van der Waals surface area contributed by atoms with Crippen LogP contribution in [0.15, 0.2) is 65.5 Å².